The van der Waals surface area contributed by atoms with Crippen molar-refractivity contribution in [1.82, 2.24) is 4.90 Å². The molecule has 2 fully saturated rings. The fourth-order valence-corrected chi connectivity index (χ4v) is 5.16. The molecule has 3 heteroatoms. The SMILES string of the molecule is Oc1ccc2c(c1)[C@]13CCC[C@@H](C1)N(Cc1ccccc1)C[C@@H]3O2. The number of hydrogen-bond acceptors (Lipinski definition) is 3. The first-order valence-electron chi connectivity index (χ1n) is 9.03. The lowest BCUT2D eigenvalue weighted by atomic mass is 9.63. The van der Waals surface area contributed by atoms with E-state index in [2.05, 4.69) is 35.2 Å². The minimum atomic E-state index is 0.115. The van der Waals surface area contributed by atoms with Crippen LogP contribution in [0.25, 0.3) is 0 Å². The number of likely N-dealkylation sites (tertiary alicyclic amines) is 1. The maximum atomic E-state index is 9.96. The monoisotopic (exact) mass is 321 g/mol. The van der Waals surface area contributed by atoms with E-state index in [0.29, 0.717) is 11.8 Å². The van der Waals surface area contributed by atoms with E-state index in [1.165, 1.54) is 30.4 Å². The Morgan fingerprint density at radius 3 is 2.92 bits per heavy atom. The molecule has 2 aliphatic heterocycles. The van der Waals surface area contributed by atoms with E-state index in [1.54, 1.807) is 6.07 Å². The van der Waals surface area contributed by atoms with Crippen LogP contribution in [0.3, 0.4) is 0 Å². The normalized spacial score (nSPS) is 31.2. The van der Waals surface area contributed by atoms with Gasteiger partial charge in [0.15, 0.2) is 0 Å². The van der Waals surface area contributed by atoms with Crippen molar-refractivity contribution in [3.8, 4) is 11.5 Å². The smallest absolute Gasteiger partial charge is 0.124 e. The molecule has 124 valence electrons. The van der Waals surface area contributed by atoms with Crippen molar-refractivity contribution in [2.24, 2.45) is 0 Å². The van der Waals surface area contributed by atoms with Crippen LogP contribution in [0.4, 0.5) is 0 Å². The van der Waals surface area contributed by atoms with Crippen molar-refractivity contribution in [3.05, 3.63) is 59.7 Å². The number of phenolic OH excluding ortho intramolecular Hbond substituents is 1. The average molecular weight is 321 g/mol. The maximum Gasteiger partial charge on any atom is 0.124 e. The number of benzene rings is 2. The third kappa shape index (κ3) is 2.07. The summed E-state index contributed by atoms with van der Waals surface area (Å²) in [7, 11) is 0. The Hall–Kier alpha value is -2.00. The van der Waals surface area contributed by atoms with Crippen LogP contribution >= 0.6 is 0 Å². The Bertz CT molecular complexity index is 760. The second kappa shape index (κ2) is 5.25. The third-order valence-corrected chi connectivity index (χ3v) is 6.29. The van der Waals surface area contributed by atoms with Crippen molar-refractivity contribution in [1.29, 1.82) is 0 Å². The Kier molecular flexibility index (Phi) is 3.14. The van der Waals surface area contributed by atoms with Crippen LogP contribution in [0.5, 0.6) is 11.5 Å². The van der Waals surface area contributed by atoms with E-state index in [9.17, 15) is 5.11 Å². The van der Waals surface area contributed by atoms with Crippen molar-refractivity contribution < 1.29 is 9.84 Å². The van der Waals surface area contributed by atoms with Gasteiger partial charge in [-0.1, -0.05) is 36.8 Å². The Morgan fingerprint density at radius 1 is 1.17 bits per heavy atom. The van der Waals surface area contributed by atoms with E-state index >= 15 is 0 Å². The molecule has 1 saturated heterocycles. The van der Waals surface area contributed by atoms with Gasteiger partial charge in [0.25, 0.3) is 0 Å². The van der Waals surface area contributed by atoms with Gasteiger partial charge in [0.05, 0.1) is 0 Å². The first-order valence-corrected chi connectivity index (χ1v) is 9.03. The minimum absolute atomic E-state index is 0.115. The molecule has 2 heterocycles. The van der Waals surface area contributed by atoms with E-state index in [-0.39, 0.29) is 11.5 Å². The van der Waals surface area contributed by atoms with E-state index < -0.39 is 0 Å². The molecule has 1 N–H and O–H groups in total. The standard InChI is InChI=1S/C21H23NO2/c23-17-8-9-19-18(11-17)21-10-4-7-16(12-21)22(14-20(21)24-19)13-15-5-2-1-3-6-15/h1-3,5-6,8-9,11,16,20,23H,4,7,10,12-14H2/t16-,20-,21-/m0/s1. The molecule has 3 atom stereocenters. The Morgan fingerprint density at radius 2 is 2.04 bits per heavy atom. The quantitative estimate of drug-likeness (QED) is 0.912. The van der Waals surface area contributed by atoms with Gasteiger partial charge >= 0.3 is 0 Å². The lowest BCUT2D eigenvalue weighted by Crippen LogP contribution is -2.59. The van der Waals surface area contributed by atoms with Gasteiger partial charge in [-0.3, -0.25) is 4.90 Å². The predicted octanol–water partition coefficient (Wildman–Crippen LogP) is 3.85. The number of rotatable bonds is 2. The predicted molar refractivity (Wildman–Crippen MR) is 93.3 cm³/mol. The number of aromatic hydroxyl groups is 1. The summed E-state index contributed by atoms with van der Waals surface area (Å²) in [6.07, 6.45) is 5.07. The lowest BCUT2D eigenvalue weighted by Gasteiger charge is -2.51. The second-order valence-electron chi connectivity index (χ2n) is 7.61. The van der Waals surface area contributed by atoms with Crippen LogP contribution in [0.2, 0.25) is 0 Å². The Balaban J connectivity index is 1.47. The van der Waals surface area contributed by atoms with Crippen LogP contribution < -0.4 is 4.74 Å². The number of hydrogen-bond donors (Lipinski definition) is 1. The fraction of sp³-hybridized carbons (Fsp3) is 0.429. The van der Waals surface area contributed by atoms with Gasteiger partial charge < -0.3 is 9.84 Å². The van der Waals surface area contributed by atoms with Gasteiger partial charge in [0.2, 0.25) is 0 Å². The molecule has 3 aliphatic rings. The molecule has 2 aromatic carbocycles. The molecule has 3 nitrogen and oxygen atoms in total. The molecule has 2 aromatic rings. The van der Waals surface area contributed by atoms with Gasteiger partial charge in [-0.15, -0.1) is 0 Å². The molecule has 5 rings (SSSR count). The minimum Gasteiger partial charge on any atom is -0.508 e. The van der Waals surface area contributed by atoms with Crippen LogP contribution in [-0.4, -0.2) is 28.7 Å². The molecule has 1 saturated carbocycles. The summed E-state index contributed by atoms with van der Waals surface area (Å²) in [5.41, 5.74) is 2.74. The lowest BCUT2D eigenvalue weighted by molar-refractivity contribution is -0.0256. The van der Waals surface area contributed by atoms with Crippen LogP contribution in [0, 0.1) is 0 Å². The molecule has 24 heavy (non-hydrogen) atoms. The molecule has 0 aromatic heterocycles. The van der Waals surface area contributed by atoms with E-state index in [1.807, 2.05) is 12.1 Å². The number of piperidine rings is 1. The Labute approximate surface area is 142 Å². The molecule has 0 unspecified atom stereocenters. The third-order valence-electron chi connectivity index (χ3n) is 6.29. The van der Waals surface area contributed by atoms with Gasteiger partial charge in [-0.2, -0.15) is 0 Å². The summed E-state index contributed by atoms with van der Waals surface area (Å²) in [5, 5.41) is 9.96. The summed E-state index contributed by atoms with van der Waals surface area (Å²) < 4.78 is 6.36. The largest absolute Gasteiger partial charge is 0.508 e. The summed E-state index contributed by atoms with van der Waals surface area (Å²) in [6.45, 7) is 1.98. The highest BCUT2D eigenvalue weighted by Crippen LogP contribution is 2.55. The van der Waals surface area contributed by atoms with Gasteiger partial charge in [0.1, 0.15) is 17.6 Å². The topological polar surface area (TPSA) is 32.7 Å². The van der Waals surface area contributed by atoms with Gasteiger partial charge in [-0.05, 0) is 43.0 Å². The number of phenols is 1. The number of ether oxygens (including phenoxy) is 1. The summed E-state index contributed by atoms with van der Waals surface area (Å²) >= 11 is 0. The highest BCUT2D eigenvalue weighted by atomic mass is 16.5. The van der Waals surface area contributed by atoms with Crippen LogP contribution in [0.1, 0.15) is 36.8 Å². The molecule has 1 aliphatic carbocycles. The molecular weight excluding hydrogens is 298 g/mol. The fourth-order valence-electron chi connectivity index (χ4n) is 5.16. The first-order chi connectivity index (χ1) is 11.7. The van der Waals surface area contributed by atoms with Crippen molar-refractivity contribution >= 4 is 0 Å². The molecule has 0 amide bonds. The van der Waals surface area contributed by atoms with Gasteiger partial charge in [-0.25, -0.2) is 0 Å². The zero-order valence-electron chi connectivity index (χ0n) is 13.8. The highest BCUT2D eigenvalue weighted by Gasteiger charge is 2.55. The maximum absolute atomic E-state index is 9.96. The zero-order chi connectivity index (χ0) is 16.1. The summed E-state index contributed by atoms with van der Waals surface area (Å²) in [6, 6.07) is 17.0. The first kappa shape index (κ1) is 14.4. The molecular formula is C21H23NO2. The zero-order valence-corrected chi connectivity index (χ0v) is 13.8. The van der Waals surface area contributed by atoms with Crippen LogP contribution in [0.15, 0.2) is 48.5 Å². The van der Waals surface area contributed by atoms with E-state index in [0.717, 1.165) is 25.3 Å². The molecule has 0 radical (unpaired) electrons. The van der Waals surface area contributed by atoms with Crippen molar-refractivity contribution in [2.75, 3.05) is 6.54 Å². The molecule has 2 bridgehead atoms. The number of nitrogens with zero attached hydrogens (tertiary/aromatic N) is 1. The van der Waals surface area contributed by atoms with Crippen molar-refractivity contribution in [2.45, 2.75) is 49.8 Å². The van der Waals surface area contributed by atoms with E-state index in [4.69, 9.17) is 4.74 Å². The highest BCUT2D eigenvalue weighted by molar-refractivity contribution is 5.50. The van der Waals surface area contributed by atoms with Crippen molar-refractivity contribution in [3.63, 3.8) is 0 Å². The van der Waals surface area contributed by atoms with Gasteiger partial charge in [0, 0.05) is 30.1 Å². The number of fused-ring (bicyclic) bond motifs is 2. The molecule has 1 spiro atoms. The summed E-state index contributed by atoms with van der Waals surface area (Å²) in [5.74, 6) is 1.35. The van der Waals surface area contributed by atoms with Crippen LogP contribution in [-0.2, 0) is 12.0 Å². The summed E-state index contributed by atoms with van der Waals surface area (Å²) in [4.78, 5) is 2.61. The second-order valence-corrected chi connectivity index (χ2v) is 7.61. The average Bonchev–Trinajstić information content (AvgIpc) is 2.89.